The van der Waals surface area contributed by atoms with E-state index < -0.39 is 0 Å². The number of fused-ring (bicyclic) bond motifs is 1. The van der Waals surface area contributed by atoms with Gasteiger partial charge in [0.1, 0.15) is 0 Å². The molecular formula is C15H19NO2. The van der Waals surface area contributed by atoms with Crippen molar-refractivity contribution in [3.05, 3.63) is 35.9 Å². The minimum Gasteiger partial charge on any atom is -0.393 e. The van der Waals surface area contributed by atoms with Gasteiger partial charge in [0.2, 0.25) is 0 Å². The monoisotopic (exact) mass is 245 g/mol. The van der Waals surface area contributed by atoms with Gasteiger partial charge in [0.25, 0.3) is 0 Å². The maximum absolute atomic E-state index is 12.1. The molecular weight excluding hydrogens is 226 g/mol. The minimum atomic E-state index is -0.146. The molecule has 0 amide bonds. The third-order valence-corrected chi connectivity index (χ3v) is 4.36. The number of hydrogen-bond donors (Lipinski definition) is 1. The predicted octanol–water partition coefficient (Wildman–Crippen LogP) is 1.57. The first kappa shape index (κ1) is 11.9. The lowest BCUT2D eigenvalue weighted by Gasteiger charge is -2.17. The third-order valence-electron chi connectivity index (χ3n) is 4.36. The van der Waals surface area contributed by atoms with Gasteiger partial charge in [0.05, 0.1) is 12.6 Å². The van der Waals surface area contributed by atoms with Crippen molar-refractivity contribution in [2.75, 3.05) is 19.6 Å². The van der Waals surface area contributed by atoms with E-state index in [1.165, 1.54) is 0 Å². The first-order valence-electron chi connectivity index (χ1n) is 6.72. The summed E-state index contributed by atoms with van der Waals surface area (Å²) < 4.78 is 0. The largest absolute Gasteiger partial charge is 0.393 e. The summed E-state index contributed by atoms with van der Waals surface area (Å²) >= 11 is 0. The van der Waals surface area contributed by atoms with E-state index in [4.69, 9.17) is 0 Å². The van der Waals surface area contributed by atoms with Crippen molar-refractivity contribution < 1.29 is 9.90 Å². The van der Waals surface area contributed by atoms with Gasteiger partial charge in [-0.2, -0.15) is 0 Å². The molecule has 0 aromatic heterocycles. The van der Waals surface area contributed by atoms with Gasteiger partial charge >= 0.3 is 0 Å². The Labute approximate surface area is 107 Å². The molecule has 18 heavy (non-hydrogen) atoms. The zero-order valence-corrected chi connectivity index (χ0v) is 10.5. The molecule has 1 aromatic rings. The van der Waals surface area contributed by atoms with Crippen molar-refractivity contribution in [1.82, 2.24) is 4.90 Å². The first-order chi connectivity index (χ1) is 8.74. The van der Waals surface area contributed by atoms with Crippen LogP contribution in [0, 0.1) is 11.8 Å². The molecule has 3 unspecified atom stereocenters. The Morgan fingerprint density at radius 2 is 2.00 bits per heavy atom. The number of benzene rings is 1. The van der Waals surface area contributed by atoms with E-state index in [-0.39, 0.29) is 11.9 Å². The number of rotatable bonds is 3. The number of carbonyl (C=O) groups is 1. The van der Waals surface area contributed by atoms with E-state index in [0.717, 1.165) is 31.5 Å². The van der Waals surface area contributed by atoms with Gasteiger partial charge in [0, 0.05) is 24.6 Å². The summed E-state index contributed by atoms with van der Waals surface area (Å²) in [5.41, 5.74) is 0.787. The second kappa shape index (κ2) is 4.82. The van der Waals surface area contributed by atoms with Crippen LogP contribution in [-0.2, 0) is 0 Å². The number of likely N-dealkylation sites (tertiary alicyclic amines) is 1. The Bertz CT molecular complexity index is 431. The summed E-state index contributed by atoms with van der Waals surface area (Å²) in [6.45, 7) is 2.34. The molecule has 1 N–H and O–H groups in total. The number of aliphatic hydroxyl groups excluding tert-OH is 1. The van der Waals surface area contributed by atoms with E-state index in [9.17, 15) is 9.90 Å². The lowest BCUT2D eigenvalue weighted by molar-refractivity contribution is 0.0920. The van der Waals surface area contributed by atoms with Crippen LogP contribution in [0.4, 0.5) is 0 Å². The highest BCUT2D eigenvalue weighted by Gasteiger charge is 2.41. The van der Waals surface area contributed by atoms with Gasteiger partial charge in [-0.15, -0.1) is 0 Å². The smallest absolute Gasteiger partial charge is 0.176 e. The van der Waals surface area contributed by atoms with Crippen LogP contribution in [0.2, 0.25) is 0 Å². The van der Waals surface area contributed by atoms with E-state index in [0.29, 0.717) is 18.4 Å². The first-order valence-corrected chi connectivity index (χ1v) is 6.72. The number of nitrogens with zero attached hydrogens (tertiary/aromatic N) is 1. The van der Waals surface area contributed by atoms with Crippen LogP contribution in [0.15, 0.2) is 30.3 Å². The molecule has 3 atom stereocenters. The van der Waals surface area contributed by atoms with Crippen LogP contribution < -0.4 is 0 Å². The highest BCUT2D eigenvalue weighted by molar-refractivity contribution is 5.97. The number of carbonyl (C=O) groups excluding carboxylic acids is 1. The van der Waals surface area contributed by atoms with E-state index in [1.54, 1.807) is 0 Å². The Balaban J connectivity index is 1.60. The molecule has 3 rings (SSSR count). The molecule has 3 nitrogen and oxygen atoms in total. The fourth-order valence-corrected chi connectivity index (χ4v) is 3.38. The molecule has 1 aliphatic carbocycles. The van der Waals surface area contributed by atoms with Crippen molar-refractivity contribution in [1.29, 1.82) is 0 Å². The average Bonchev–Trinajstić information content (AvgIpc) is 2.93. The second-order valence-electron chi connectivity index (χ2n) is 5.55. The number of hydrogen-bond acceptors (Lipinski definition) is 3. The lowest BCUT2D eigenvalue weighted by Crippen LogP contribution is -2.30. The van der Waals surface area contributed by atoms with Crippen LogP contribution in [0.5, 0.6) is 0 Å². The second-order valence-corrected chi connectivity index (χ2v) is 5.55. The van der Waals surface area contributed by atoms with Crippen LogP contribution in [0.3, 0.4) is 0 Å². The SMILES string of the molecule is O=C(CN1CC2CCC(O)C2C1)c1ccccc1. The van der Waals surface area contributed by atoms with Gasteiger partial charge in [-0.25, -0.2) is 0 Å². The van der Waals surface area contributed by atoms with Crippen molar-refractivity contribution in [3.63, 3.8) is 0 Å². The highest BCUT2D eigenvalue weighted by Crippen LogP contribution is 2.37. The van der Waals surface area contributed by atoms with E-state index in [1.807, 2.05) is 30.3 Å². The minimum absolute atomic E-state index is 0.146. The lowest BCUT2D eigenvalue weighted by atomic mass is 10.00. The molecule has 1 saturated carbocycles. The van der Waals surface area contributed by atoms with Gasteiger partial charge in [-0.1, -0.05) is 30.3 Å². The zero-order valence-electron chi connectivity index (χ0n) is 10.5. The van der Waals surface area contributed by atoms with Crippen molar-refractivity contribution in [2.45, 2.75) is 18.9 Å². The Kier molecular flexibility index (Phi) is 3.18. The summed E-state index contributed by atoms with van der Waals surface area (Å²) in [7, 11) is 0. The van der Waals surface area contributed by atoms with Gasteiger partial charge < -0.3 is 5.11 Å². The third kappa shape index (κ3) is 2.20. The summed E-state index contributed by atoms with van der Waals surface area (Å²) in [5, 5.41) is 9.86. The van der Waals surface area contributed by atoms with Crippen LogP contribution >= 0.6 is 0 Å². The van der Waals surface area contributed by atoms with Gasteiger partial charge in [-0.05, 0) is 18.8 Å². The Morgan fingerprint density at radius 3 is 2.72 bits per heavy atom. The number of ketones is 1. The standard InChI is InChI=1S/C15H19NO2/c17-14-7-6-12-8-16(9-13(12)14)10-15(18)11-4-2-1-3-5-11/h1-5,12-14,17H,6-10H2. The molecule has 1 aromatic carbocycles. The Hall–Kier alpha value is -1.19. The van der Waals surface area contributed by atoms with Crippen molar-refractivity contribution >= 4 is 5.78 Å². The molecule has 1 heterocycles. The van der Waals surface area contributed by atoms with E-state index >= 15 is 0 Å². The molecule has 0 bridgehead atoms. The summed E-state index contributed by atoms with van der Waals surface area (Å²) in [5.74, 6) is 1.18. The van der Waals surface area contributed by atoms with Gasteiger partial charge in [-0.3, -0.25) is 9.69 Å². The fraction of sp³-hybridized carbons (Fsp3) is 0.533. The topological polar surface area (TPSA) is 40.5 Å². The maximum atomic E-state index is 12.1. The predicted molar refractivity (Wildman–Crippen MR) is 69.4 cm³/mol. The molecule has 0 spiro atoms. The molecule has 3 heteroatoms. The molecule has 1 saturated heterocycles. The quantitative estimate of drug-likeness (QED) is 0.822. The summed E-state index contributed by atoms with van der Waals surface area (Å²) in [4.78, 5) is 14.3. The Morgan fingerprint density at radius 1 is 1.22 bits per heavy atom. The molecule has 1 aliphatic heterocycles. The maximum Gasteiger partial charge on any atom is 0.176 e. The fourth-order valence-electron chi connectivity index (χ4n) is 3.38. The summed E-state index contributed by atoms with van der Waals surface area (Å²) in [6.07, 6.45) is 1.91. The normalized spacial score (nSPS) is 31.5. The number of Topliss-reactive ketones (excluding diaryl/α,β-unsaturated/α-hetero) is 1. The van der Waals surface area contributed by atoms with E-state index in [2.05, 4.69) is 4.90 Å². The van der Waals surface area contributed by atoms with Crippen molar-refractivity contribution in [2.24, 2.45) is 11.8 Å². The number of aliphatic hydroxyl groups is 1. The van der Waals surface area contributed by atoms with Gasteiger partial charge in [0.15, 0.2) is 5.78 Å². The molecule has 2 fully saturated rings. The molecule has 96 valence electrons. The summed E-state index contributed by atoms with van der Waals surface area (Å²) in [6, 6.07) is 9.46. The highest BCUT2D eigenvalue weighted by atomic mass is 16.3. The molecule has 0 radical (unpaired) electrons. The molecule has 2 aliphatic rings. The van der Waals surface area contributed by atoms with Crippen LogP contribution in [0.25, 0.3) is 0 Å². The average molecular weight is 245 g/mol. The van der Waals surface area contributed by atoms with Crippen LogP contribution in [-0.4, -0.2) is 41.5 Å². The van der Waals surface area contributed by atoms with Crippen LogP contribution in [0.1, 0.15) is 23.2 Å². The van der Waals surface area contributed by atoms with Crippen molar-refractivity contribution in [3.8, 4) is 0 Å². The zero-order chi connectivity index (χ0) is 12.5.